The van der Waals surface area contributed by atoms with Gasteiger partial charge >= 0.3 is 0 Å². The number of hydrogen-bond acceptors (Lipinski definition) is 4. The first-order valence-corrected chi connectivity index (χ1v) is 6.40. The van der Waals surface area contributed by atoms with Crippen LogP contribution in [-0.4, -0.2) is 35.0 Å². The summed E-state index contributed by atoms with van der Waals surface area (Å²) in [6.07, 6.45) is 1.25. The van der Waals surface area contributed by atoms with Crippen molar-refractivity contribution in [1.82, 2.24) is 4.90 Å². The second-order valence-corrected chi connectivity index (χ2v) is 4.95. The minimum Gasteiger partial charge on any atom is -0.395 e. The van der Waals surface area contributed by atoms with E-state index in [2.05, 4.69) is 27.9 Å². The average molecular weight is 358 g/mol. The Morgan fingerprint density at radius 2 is 1.89 bits per heavy atom. The first kappa shape index (κ1) is 13.0. The predicted octanol–water partition coefficient (Wildman–Crippen LogP) is 0.948. The number of β-amino-alcohol motifs (C(OH)–C–C–N with tert-alkyl or cyclic N) is 1. The van der Waals surface area contributed by atoms with E-state index in [0.29, 0.717) is 0 Å². The third-order valence-corrected chi connectivity index (χ3v) is 3.18. The zero-order valence-corrected chi connectivity index (χ0v) is 11.5. The molecule has 2 rings (SSSR count). The van der Waals surface area contributed by atoms with Gasteiger partial charge in [0, 0.05) is 15.3 Å². The van der Waals surface area contributed by atoms with Crippen molar-refractivity contribution in [2.75, 3.05) is 18.5 Å². The van der Waals surface area contributed by atoms with Crippen molar-refractivity contribution in [1.29, 1.82) is 0 Å². The SMILES string of the molecule is O=C1C=C(Nc2ccc(I)cc2)C(=O)N1CCO. The van der Waals surface area contributed by atoms with Crippen LogP contribution in [0.4, 0.5) is 5.69 Å². The van der Waals surface area contributed by atoms with Crippen LogP contribution in [0.1, 0.15) is 0 Å². The fourth-order valence-electron chi connectivity index (χ4n) is 1.60. The van der Waals surface area contributed by atoms with Gasteiger partial charge in [-0.05, 0) is 46.9 Å². The molecule has 6 heteroatoms. The summed E-state index contributed by atoms with van der Waals surface area (Å²) < 4.78 is 1.09. The van der Waals surface area contributed by atoms with Crippen molar-refractivity contribution in [3.8, 4) is 0 Å². The van der Waals surface area contributed by atoms with E-state index in [-0.39, 0.29) is 18.8 Å². The number of carbonyl (C=O) groups excluding carboxylic acids is 2. The lowest BCUT2D eigenvalue weighted by Crippen LogP contribution is -2.34. The van der Waals surface area contributed by atoms with Crippen LogP contribution < -0.4 is 5.32 Å². The molecule has 0 aliphatic carbocycles. The summed E-state index contributed by atoms with van der Waals surface area (Å²) in [6.45, 7) is -0.214. The first-order chi connectivity index (χ1) is 8.61. The maximum atomic E-state index is 11.8. The highest BCUT2D eigenvalue weighted by molar-refractivity contribution is 14.1. The molecule has 0 saturated carbocycles. The number of nitrogens with one attached hydrogen (secondary N) is 1. The van der Waals surface area contributed by atoms with Crippen LogP contribution in [0.3, 0.4) is 0 Å². The van der Waals surface area contributed by atoms with Crippen molar-refractivity contribution in [2.24, 2.45) is 0 Å². The van der Waals surface area contributed by atoms with E-state index < -0.39 is 11.8 Å². The maximum Gasteiger partial charge on any atom is 0.277 e. The Bertz CT molecular complexity index is 511. The van der Waals surface area contributed by atoms with Gasteiger partial charge in [0.2, 0.25) is 0 Å². The lowest BCUT2D eigenvalue weighted by Gasteiger charge is -2.13. The quantitative estimate of drug-likeness (QED) is 0.621. The highest BCUT2D eigenvalue weighted by atomic mass is 127. The van der Waals surface area contributed by atoms with Crippen molar-refractivity contribution in [2.45, 2.75) is 0 Å². The van der Waals surface area contributed by atoms with Crippen LogP contribution in [0.5, 0.6) is 0 Å². The molecule has 1 heterocycles. The van der Waals surface area contributed by atoms with Crippen molar-refractivity contribution < 1.29 is 14.7 Å². The van der Waals surface area contributed by atoms with E-state index in [4.69, 9.17) is 5.11 Å². The lowest BCUT2D eigenvalue weighted by atomic mass is 10.3. The van der Waals surface area contributed by atoms with Gasteiger partial charge in [-0.3, -0.25) is 14.5 Å². The van der Waals surface area contributed by atoms with Gasteiger partial charge in [0.25, 0.3) is 11.8 Å². The van der Waals surface area contributed by atoms with Gasteiger partial charge in [-0.25, -0.2) is 0 Å². The molecule has 94 valence electrons. The number of aliphatic hydroxyl groups is 1. The molecule has 0 bridgehead atoms. The average Bonchev–Trinajstić information content (AvgIpc) is 2.60. The van der Waals surface area contributed by atoms with E-state index in [1.807, 2.05) is 24.3 Å². The second kappa shape index (κ2) is 5.49. The van der Waals surface area contributed by atoms with Crippen LogP contribution in [0.2, 0.25) is 0 Å². The largest absolute Gasteiger partial charge is 0.395 e. The van der Waals surface area contributed by atoms with Crippen LogP contribution in [-0.2, 0) is 9.59 Å². The number of anilines is 1. The predicted molar refractivity (Wildman–Crippen MR) is 74.7 cm³/mol. The molecule has 1 aromatic rings. The lowest BCUT2D eigenvalue weighted by molar-refractivity contribution is -0.137. The molecule has 0 aromatic heterocycles. The Hall–Kier alpha value is -1.41. The summed E-state index contributed by atoms with van der Waals surface area (Å²) in [5.74, 6) is -0.810. The topological polar surface area (TPSA) is 69.6 Å². The minimum atomic E-state index is -0.410. The fraction of sp³-hybridized carbons (Fsp3) is 0.167. The number of aliphatic hydroxyl groups excluding tert-OH is 1. The Morgan fingerprint density at radius 3 is 2.50 bits per heavy atom. The molecule has 1 aromatic carbocycles. The number of hydrogen-bond donors (Lipinski definition) is 2. The molecular formula is C12H11IN2O3. The van der Waals surface area contributed by atoms with Crippen LogP contribution >= 0.6 is 22.6 Å². The highest BCUT2D eigenvalue weighted by Gasteiger charge is 2.30. The number of amides is 2. The molecule has 2 N–H and O–H groups in total. The molecule has 0 atom stereocenters. The van der Waals surface area contributed by atoms with Crippen LogP contribution in [0, 0.1) is 3.57 Å². The molecule has 2 amide bonds. The molecule has 1 aliphatic heterocycles. The number of halogens is 1. The Balaban J connectivity index is 2.11. The van der Waals surface area contributed by atoms with E-state index in [1.165, 1.54) is 6.08 Å². The maximum absolute atomic E-state index is 11.8. The van der Waals surface area contributed by atoms with Crippen LogP contribution in [0.25, 0.3) is 0 Å². The zero-order valence-electron chi connectivity index (χ0n) is 9.39. The number of rotatable bonds is 4. The summed E-state index contributed by atoms with van der Waals surface area (Å²) in [5.41, 5.74) is 0.975. The molecule has 1 aliphatic rings. The summed E-state index contributed by atoms with van der Waals surface area (Å²) in [5, 5.41) is 11.7. The van der Waals surface area contributed by atoms with Gasteiger partial charge in [0.05, 0.1) is 13.2 Å². The van der Waals surface area contributed by atoms with Gasteiger partial charge in [-0.15, -0.1) is 0 Å². The second-order valence-electron chi connectivity index (χ2n) is 3.71. The monoisotopic (exact) mass is 358 g/mol. The Kier molecular flexibility index (Phi) is 3.97. The van der Waals surface area contributed by atoms with Crippen molar-refractivity contribution >= 4 is 40.1 Å². The number of carbonyl (C=O) groups is 2. The first-order valence-electron chi connectivity index (χ1n) is 5.33. The molecule has 0 fully saturated rings. The molecule has 0 unspecified atom stereocenters. The molecule has 0 spiro atoms. The minimum absolute atomic E-state index is 0.0199. The third-order valence-electron chi connectivity index (χ3n) is 2.46. The Morgan fingerprint density at radius 1 is 1.22 bits per heavy atom. The van der Waals surface area contributed by atoms with E-state index in [9.17, 15) is 9.59 Å². The number of imide groups is 1. The summed E-state index contributed by atoms with van der Waals surface area (Å²) >= 11 is 2.18. The molecule has 5 nitrogen and oxygen atoms in total. The van der Waals surface area contributed by atoms with Gasteiger partial charge < -0.3 is 10.4 Å². The van der Waals surface area contributed by atoms with E-state index in [1.54, 1.807) is 0 Å². The fourth-order valence-corrected chi connectivity index (χ4v) is 1.96. The Labute approximate surface area is 118 Å². The summed E-state index contributed by atoms with van der Waals surface area (Å²) in [7, 11) is 0. The number of benzene rings is 1. The van der Waals surface area contributed by atoms with Gasteiger partial charge in [-0.2, -0.15) is 0 Å². The highest BCUT2D eigenvalue weighted by Crippen LogP contribution is 2.17. The van der Waals surface area contributed by atoms with Gasteiger partial charge in [0.1, 0.15) is 5.70 Å². The molecule has 18 heavy (non-hydrogen) atoms. The molecule has 0 saturated heterocycles. The summed E-state index contributed by atoms with van der Waals surface area (Å²) in [4.78, 5) is 24.4. The van der Waals surface area contributed by atoms with E-state index in [0.717, 1.165) is 14.2 Å². The van der Waals surface area contributed by atoms with Gasteiger partial charge in [0.15, 0.2) is 0 Å². The van der Waals surface area contributed by atoms with Gasteiger partial charge in [-0.1, -0.05) is 0 Å². The standard InChI is InChI=1S/C12H11IN2O3/c13-8-1-3-9(4-2-8)14-10-7-11(17)15(5-6-16)12(10)18/h1-4,7,14,16H,5-6H2. The zero-order chi connectivity index (χ0) is 13.1. The smallest absolute Gasteiger partial charge is 0.277 e. The third kappa shape index (κ3) is 2.70. The molecule has 0 radical (unpaired) electrons. The van der Waals surface area contributed by atoms with Crippen molar-refractivity contribution in [3.63, 3.8) is 0 Å². The summed E-state index contributed by atoms with van der Waals surface area (Å²) in [6, 6.07) is 7.45. The van der Waals surface area contributed by atoms with Crippen molar-refractivity contribution in [3.05, 3.63) is 39.6 Å². The van der Waals surface area contributed by atoms with E-state index >= 15 is 0 Å². The normalized spacial score (nSPS) is 15.0. The van der Waals surface area contributed by atoms with Crippen LogP contribution in [0.15, 0.2) is 36.0 Å². The number of nitrogens with zero attached hydrogens (tertiary/aromatic N) is 1. The molecular weight excluding hydrogens is 347 g/mol.